The Morgan fingerprint density at radius 3 is 2.46 bits per heavy atom. The molecule has 6 atom stereocenters. The van der Waals surface area contributed by atoms with E-state index in [1.54, 1.807) is 24.1 Å². The van der Waals surface area contributed by atoms with E-state index in [2.05, 4.69) is 18.0 Å². The molecule has 1 aliphatic heterocycles. The Labute approximate surface area is 336 Å². The van der Waals surface area contributed by atoms with Gasteiger partial charge in [-0.05, 0) is 112 Å². The summed E-state index contributed by atoms with van der Waals surface area (Å²) in [6.07, 6.45) is 8.26. The van der Waals surface area contributed by atoms with Crippen molar-refractivity contribution in [2.75, 3.05) is 33.4 Å². The zero-order valence-electron chi connectivity index (χ0n) is 34.0. The summed E-state index contributed by atoms with van der Waals surface area (Å²) in [5, 5.41) is 29.3. The van der Waals surface area contributed by atoms with Crippen molar-refractivity contribution in [2.45, 2.75) is 96.0 Å². The van der Waals surface area contributed by atoms with Crippen LogP contribution in [0.1, 0.15) is 94.5 Å². The van der Waals surface area contributed by atoms with E-state index in [1.807, 2.05) is 82.3 Å². The predicted molar refractivity (Wildman–Crippen MR) is 222 cm³/mol. The number of ether oxygens (including phenoxy) is 3. The first-order chi connectivity index (χ1) is 27.4. The SMILES string of the molecule is C=CCOC12Oc3ccc(OC(=O)NCC)cc3C3C(CCCCO)C(CCCCO)C=C(C(=NOC(C)(C)C)CC1N(C)C(=O)c1ccc4ccccc4c1)C32. The third kappa shape index (κ3) is 9.06. The van der Waals surface area contributed by atoms with E-state index in [0.29, 0.717) is 42.2 Å². The molecule has 1 heterocycles. The van der Waals surface area contributed by atoms with Gasteiger partial charge in [-0.25, -0.2) is 4.79 Å². The number of rotatable bonds is 16. The highest BCUT2D eigenvalue weighted by Crippen LogP contribution is 2.62. The van der Waals surface area contributed by atoms with Crippen LogP contribution in [0.15, 0.2) is 90.1 Å². The number of oxime groups is 1. The van der Waals surface area contributed by atoms with Gasteiger partial charge in [-0.3, -0.25) is 4.79 Å². The molecule has 0 bridgehead atoms. The van der Waals surface area contributed by atoms with Crippen molar-refractivity contribution >= 4 is 28.5 Å². The average Bonchev–Trinajstić information content (AvgIpc) is 3.19. The van der Waals surface area contributed by atoms with Crippen LogP contribution in [0, 0.1) is 17.8 Å². The van der Waals surface area contributed by atoms with E-state index in [0.717, 1.165) is 47.6 Å². The zero-order valence-corrected chi connectivity index (χ0v) is 34.0. The van der Waals surface area contributed by atoms with Crippen LogP contribution in [0.3, 0.4) is 0 Å². The summed E-state index contributed by atoms with van der Waals surface area (Å²) in [5.41, 5.74) is 2.46. The summed E-state index contributed by atoms with van der Waals surface area (Å²) in [4.78, 5) is 35.4. The lowest BCUT2D eigenvalue weighted by Gasteiger charge is -2.59. The van der Waals surface area contributed by atoms with E-state index >= 15 is 0 Å². The van der Waals surface area contributed by atoms with Gasteiger partial charge in [-0.1, -0.05) is 60.5 Å². The number of aliphatic hydroxyl groups excluding tert-OH is 2. The molecule has 0 aromatic heterocycles. The average molecular weight is 782 g/mol. The second kappa shape index (κ2) is 18.3. The van der Waals surface area contributed by atoms with Crippen LogP contribution < -0.4 is 14.8 Å². The molecule has 11 heteroatoms. The van der Waals surface area contributed by atoms with Crippen LogP contribution >= 0.6 is 0 Å². The van der Waals surface area contributed by atoms with Crippen LogP contribution in [0.25, 0.3) is 10.8 Å². The highest BCUT2D eigenvalue weighted by Gasteiger charge is 2.65. The molecule has 0 radical (unpaired) electrons. The minimum atomic E-state index is -1.40. The fraction of sp³-hybridized carbons (Fsp3) is 0.500. The van der Waals surface area contributed by atoms with Crippen molar-refractivity contribution in [3.05, 3.63) is 96.1 Å². The minimum absolute atomic E-state index is 0.0306. The number of unbranched alkanes of at least 4 members (excludes halogenated alkanes) is 2. The maximum absolute atomic E-state index is 14.7. The van der Waals surface area contributed by atoms with Gasteiger partial charge in [0.2, 0.25) is 5.79 Å². The fourth-order valence-electron chi connectivity index (χ4n) is 8.94. The molecule has 6 rings (SSSR count). The van der Waals surface area contributed by atoms with Gasteiger partial charge < -0.3 is 39.5 Å². The number of amides is 2. The first kappa shape index (κ1) is 41.9. The van der Waals surface area contributed by atoms with Crippen LogP contribution in [-0.2, 0) is 9.57 Å². The van der Waals surface area contributed by atoms with Crippen LogP contribution in [-0.4, -0.2) is 83.7 Å². The number of aliphatic hydroxyl groups is 2. The number of hydrogen-bond donors (Lipinski definition) is 3. The summed E-state index contributed by atoms with van der Waals surface area (Å²) < 4.78 is 20.0. The van der Waals surface area contributed by atoms with Gasteiger partial charge in [-0.2, -0.15) is 0 Å². The third-order valence-electron chi connectivity index (χ3n) is 11.4. The molecule has 3 aliphatic rings. The van der Waals surface area contributed by atoms with Gasteiger partial charge >= 0.3 is 6.09 Å². The topological polar surface area (TPSA) is 139 Å². The zero-order chi connectivity index (χ0) is 40.7. The normalized spacial score (nSPS) is 24.4. The Bertz CT molecular complexity index is 1970. The number of likely N-dealkylation sites (N-methyl/N-ethyl adjacent to an activating group) is 1. The fourth-order valence-corrected chi connectivity index (χ4v) is 8.94. The lowest BCUT2D eigenvalue weighted by molar-refractivity contribution is -0.252. The first-order valence-electron chi connectivity index (χ1n) is 20.4. The predicted octanol–water partition coefficient (Wildman–Crippen LogP) is 8.15. The largest absolute Gasteiger partial charge is 0.459 e. The molecule has 306 valence electrons. The Morgan fingerprint density at radius 2 is 1.75 bits per heavy atom. The van der Waals surface area contributed by atoms with Crippen molar-refractivity contribution < 1.29 is 38.9 Å². The Morgan fingerprint density at radius 1 is 1.02 bits per heavy atom. The van der Waals surface area contributed by atoms with E-state index in [9.17, 15) is 19.8 Å². The highest BCUT2D eigenvalue weighted by molar-refractivity contribution is 6.04. The summed E-state index contributed by atoms with van der Waals surface area (Å²) in [6, 6.07) is 18.5. The second-order valence-corrected chi connectivity index (χ2v) is 16.4. The quantitative estimate of drug-likeness (QED) is 0.0752. The molecular weight excluding hydrogens is 723 g/mol. The highest BCUT2D eigenvalue weighted by atomic mass is 16.7. The maximum atomic E-state index is 14.7. The first-order valence-corrected chi connectivity index (χ1v) is 20.4. The Hall–Kier alpha value is -4.71. The van der Waals surface area contributed by atoms with Gasteiger partial charge in [0.1, 0.15) is 23.1 Å². The molecule has 1 saturated carbocycles. The number of nitrogens with one attached hydrogen (secondary N) is 1. The van der Waals surface area contributed by atoms with Crippen molar-refractivity contribution in [2.24, 2.45) is 22.9 Å². The number of hydrogen-bond acceptors (Lipinski definition) is 9. The van der Waals surface area contributed by atoms with E-state index in [1.165, 1.54) is 0 Å². The summed E-state index contributed by atoms with van der Waals surface area (Å²) >= 11 is 0. The molecule has 57 heavy (non-hydrogen) atoms. The van der Waals surface area contributed by atoms with Gasteiger partial charge in [0.25, 0.3) is 5.91 Å². The van der Waals surface area contributed by atoms with Gasteiger partial charge in [0.15, 0.2) is 0 Å². The van der Waals surface area contributed by atoms with E-state index < -0.39 is 29.4 Å². The van der Waals surface area contributed by atoms with E-state index in [4.69, 9.17) is 24.2 Å². The number of benzene rings is 3. The molecule has 1 fully saturated rings. The lowest BCUT2D eigenvalue weighted by atomic mass is 9.55. The summed E-state index contributed by atoms with van der Waals surface area (Å²) in [6.45, 7) is 12.4. The molecule has 3 N–H and O–H groups in total. The molecule has 3 aromatic rings. The molecule has 3 aromatic carbocycles. The number of fused-ring (bicyclic) bond motifs is 3. The molecule has 0 spiro atoms. The Kier molecular flexibility index (Phi) is 13.4. The number of allylic oxidation sites excluding steroid dienone is 1. The third-order valence-corrected chi connectivity index (χ3v) is 11.4. The maximum Gasteiger partial charge on any atom is 0.412 e. The van der Waals surface area contributed by atoms with Crippen molar-refractivity contribution in [3.63, 3.8) is 0 Å². The Balaban J connectivity index is 1.58. The van der Waals surface area contributed by atoms with Crippen molar-refractivity contribution in [1.29, 1.82) is 0 Å². The van der Waals surface area contributed by atoms with Crippen LogP contribution in [0.2, 0.25) is 0 Å². The van der Waals surface area contributed by atoms with Crippen molar-refractivity contribution in [1.82, 2.24) is 10.2 Å². The second-order valence-electron chi connectivity index (χ2n) is 16.4. The smallest absolute Gasteiger partial charge is 0.412 e. The molecule has 11 nitrogen and oxygen atoms in total. The summed E-state index contributed by atoms with van der Waals surface area (Å²) in [7, 11) is 1.80. The molecular formula is C46H59N3O8. The molecule has 2 aliphatic carbocycles. The van der Waals surface area contributed by atoms with Crippen LogP contribution in [0.5, 0.6) is 11.5 Å². The van der Waals surface area contributed by atoms with Gasteiger partial charge in [-0.15, -0.1) is 6.58 Å². The summed E-state index contributed by atoms with van der Waals surface area (Å²) in [5.74, 6) is -1.26. The van der Waals surface area contributed by atoms with Crippen molar-refractivity contribution in [3.8, 4) is 11.5 Å². The number of nitrogens with zero attached hydrogens (tertiary/aromatic N) is 2. The minimum Gasteiger partial charge on any atom is -0.459 e. The molecule has 2 amide bonds. The van der Waals surface area contributed by atoms with E-state index in [-0.39, 0.29) is 49.9 Å². The molecule has 6 unspecified atom stereocenters. The number of carbonyl (C=O) groups excluding carboxylic acids is 2. The van der Waals surface area contributed by atoms with Crippen LogP contribution in [0.4, 0.5) is 4.79 Å². The van der Waals surface area contributed by atoms with Gasteiger partial charge in [0.05, 0.1) is 18.2 Å². The van der Waals surface area contributed by atoms with Gasteiger partial charge in [0, 0.05) is 50.3 Å². The lowest BCUT2D eigenvalue weighted by Crippen LogP contribution is -2.69. The monoisotopic (exact) mass is 781 g/mol. The molecule has 0 saturated heterocycles. The number of carbonyl (C=O) groups is 2. The standard InChI is InChI=1S/C46H59N3O8/c1-7-25-54-46-40(49(6)43(52)33-20-19-30-15-9-10-16-31(30)26-33)29-38(48-57-45(3,4)5)36-27-32(17-11-13-23-50)35(18-12-14-24-51)41(42(36)46)37-28-34(21-22-39(37)56-46)55-44(53)47-8-2/h7,9-10,15-16,19-22,26-28,32,35,40-42,50-51H,1,8,11-14,17-18,23-25,29H2,2-6H3,(H,47,53).